The minimum atomic E-state index is -1.32. The van der Waals surface area contributed by atoms with Crippen LogP contribution >= 0.6 is 0 Å². The van der Waals surface area contributed by atoms with Gasteiger partial charge < -0.3 is 10.6 Å². The predicted octanol–water partition coefficient (Wildman–Crippen LogP) is 1.82. The number of rotatable bonds is 8. The molecular weight excluding hydrogens is 450 g/mol. The van der Waals surface area contributed by atoms with Gasteiger partial charge in [0.1, 0.15) is 17.6 Å². The number of nitrogens with zero attached hydrogens (tertiary/aromatic N) is 2. The highest BCUT2D eigenvalue weighted by molar-refractivity contribution is 6.10. The fraction of sp³-hybridized carbons (Fsp3) is 0.320. The average molecular weight is 478 g/mol. The fourth-order valence-electron chi connectivity index (χ4n) is 4.44. The molecule has 182 valence electrons. The number of nitrogens with one attached hydrogen (secondary N) is 3. The second kappa shape index (κ2) is 9.21. The molecule has 2 heterocycles. The highest BCUT2D eigenvalue weighted by atomic mass is 16.2. The molecule has 0 bridgehead atoms. The van der Waals surface area contributed by atoms with Crippen LogP contribution in [0.3, 0.4) is 0 Å². The van der Waals surface area contributed by atoms with Crippen molar-refractivity contribution in [3.8, 4) is 0 Å². The number of hydrazine groups is 1. The van der Waals surface area contributed by atoms with E-state index in [0.29, 0.717) is 23.4 Å². The van der Waals surface area contributed by atoms with E-state index in [-0.39, 0.29) is 6.42 Å². The summed E-state index contributed by atoms with van der Waals surface area (Å²) in [4.78, 5) is 64.7. The second-order valence-electron chi connectivity index (χ2n) is 8.87. The number of carbonyl (C=O) groups is 5. The Hall–Kier alpha value is -4.21. The van der Waals surface area contributed by atoms with Crippen molar-refractivity contribution in [3.63, 3.8) is 0 Å². The molecule has 0 aromatic heterocycles. The van der Waals surface area contributed by atoms with Crippen molar-refractivity contribution in [1.82, 2.24) is 26.0 Å². The molecule has 2 atom stereocenters. The number of hydrogen-bond acceptors (Lipinski definition) is 5. The molecule has 35 heavy (non-hydrogen) atoms. The summed E-state index contributed by atoms with van der Waals surface area (Å²) in [6.07, 6.45) is 1.17. The lowest BCUT2D eigenvalue weighted by atomic mass is 9.87. The molecule has 2 fully saturated rings. The fourth-order valence-corrected chi connectivity index (χ4v) is 4.44. The van der Waals surface area contributed by atoms with Crippen LogP contribution in [0, 0.1) is 0 Å². The first-order valence-electron chi connectivity index (χ1n) is 11.4. The molecule has 0 aliphatic carbocycles. The van der Waals surface area contributed by atoms with Crippen LogP contribution in [0.15, 0.2) is 60.7 Å². The number of imide groups is 2. The second-order valence-corrected chi connectivity index (χ2v) is 8.87. The molecule has 2 aliphatic rings. The van der Waals surface area contributed by atoms with E-state index in [0.717, 1.165) is 10.5 Å². The number of amides is 7. The molecule has 0 unspecified atom stereocenters. The Kier molecular flexibility index (Phi) is 6.29. The maximum Gasteiger partial charge on any atom is 0.344 e. The van der Waals surface area contributed by atoms with Gasteiger partial charge >= 0.3 is 12.1 Å². The number of aryl methyl sites for hydroxylation is 1. The summed E-state index contributed by atoms with van der Waals surface area (Å²) in [6, 6.07) is 16.8. The van der Waals surface area contributed by atoms with Crippen LogP contribution in [0.25, 0.3) is 0 Å². The lowest BCUT2D eigenvalue weighted by Gasteiger charge is -2.25. The van der Waals surface area contributed by atoms with Crippen molar-refractivity contribution in [1.29, 1.82) is 0 Å². The Bertz CT molecular complexity index is 1170. The van der Waals surface area contributed by atoms with Gasteiger partial charge in [-0.05, 0) is 37.3 Å². The van der Waals surface area contributed by atoms with Gasteiger partial charge in [-0.2, -0.15) is 5.01 Å². The highest BCUT2D eigenvalue weighted by Crippen LogP contribution is 2.31. The minimum Gasteiger partial charge on any atom is -0.323 e. The van der Waals surface area contributed by atoms with Crippen molar-refractivity contribution >= 4 is 29.8 Å². The molecule has 0 radical (unpaired) electrons. The van der Waals surface area contributed by atoms with Gasteiger partial charge in [0.2, 0.25) is 0 Å². The predicted molar refractivity (Wildman–Crippen MR) is 125 cm³/mol. The first-order valence-corrected chi connectivity index (χ1v) is 11.4. The van der Waals surface area contributed by atoms with Crippen LogP contribution in [0.1, 0.15) is 37.8 Å². The van der Waals surface area contributed by atoms with Gasteiger partial charge in [0.25, 0.3) is 17.7 Å². The summed E-state index contributed by atoms with van der Waals surface area (Å²) in [5, 5.41) is 5.92. The summed E-state index contributed by atoms with van der Waals surface area (Å²) in [5.74, 6) is -2.03. The molecule has 10 nitrogen and oxygen atoms in total. The van der Waals surface area contributed by atoms with Gasteiger partial charge in [-0.3, -0.25) is 24.7 Å². The Morgan fingerprint density at radius 1 is 0.886 bits per heavy atom. The minimum absolute atomic E-state index is 0.265. The third-order valence-electron chi connectivity index (χ3n) is 6.53. The molecule has 4 rings (SSSR count). The van der Waals surface area contributed by atoms with Gasteiger partial charge in [-0.25, -0.2) is 9.59 Å². The van der Waals surface area contributed by atoms with Crippen molar-refractivity contribution in [2.45, 2.75) is 44.2 Å². The summed E-state index contributed by atoms with van der Waals surface area (Å²) in [7, 11) is 0. The zero-order chi connectivity index (χ0) is 25.2. The zero-order valence-corrected chi connectivity index (χ0v) is 19.5. The summed E-state index contributed by atoms with van der Waals surface area (Å²) in [6.45, 7) is 2.73. The van der Waals surface area contributed by atoms with Gasteiger partial charge in [-0.15, -0.1) is 0 Å². The maximum atomic E-state index is 13.2. The third-order valence-corrected chi connectivity index (χ3v) is 6.53. The Morgan fingerprint density at radius 2 is 1.51 bits per heavy atom. The number of benzene rings is 2. The molecule has 3 N–H and O–H groups in total. The maximum absolute atomic E-state index is 13.2. The van der Waals surface area contributed by atoms with Gasteiger partial charge in [-0.1, -0.05) is 67.6 Å². The van der Waals surface area contributed by atoms with Crippen LogP contribution < -0.4 is 16.1 Å². The normalized spacial score (nSPS) is 23.9. The molecule has 10 heteroatoms. The summed E-state index contributed by atoms with van der Waals surface area (Å²) in [5.41, 5.74) is 1.37. The molecule has 0 saturated carbocycles. The van der Waals surface area contributed by atoms with Crippen LogP contribution in [-0.2, 0) is 26.3 Å². The van der Waals surface area contributed by atoms with Crippen molar-refractivity contribution in [2.24, 2.45) is 0 Å². The quantitative estimate of drug-likeness (QED) is 0.500. The third kappa shape index (κ3) is 4.34. The van der Waals surface area contributed by atoms with Crippen LogP contribution in [0.2, 0.25) is 0 Å². The van der Waals surface area contributed by atoms with Gasteiger partial charge in [0.15, 0.2) is 0 Å². The van der Waals surface area contributed by atoms with Crippen LogP contribution in [-0.4, -0.2) is 51.8 Å². The van der Waals surface area contributed by atoms with E-state index in [2.05, 4.69) is 16.1 Å². The lowest BCUT2D eigenvalue weighted by Crippen LogP contribution is -2.52. The van der Waals surface area contributed by atoms with Crippen LogP contribution in [0.4, 0.5) is 9.59 Å². The zero-order valence-electron chi connectivity index (χ0n) is 19.5. The Balaban J connectivity index is 1.42. The smallest absolute Gasteiger partial charge is 0.323 e. The molecule has 2 aliphatic heterocycles. The van der Waals surface area contributed by atoms with E-state index in [9.17, 15) is 24.0 Å². The van der Waals surface area contributed by atoms with E-state index in [1.54, 1.807) is 44.2 Å². The number of carbonyl (C=O) groups excluding carboxylic acids is 5. The van der Waals surface area contributed by atoms with E-state index < -0.39 is 47.4 Å². The average Bonchev–Trinajstić information content (AvgIpc) is 3.23. The highest BCUT2D eigenvalue weighted by Gasteiger charge is 2.53. The standard InChI is InChI=1S/C25H27N5O5/c1-3-25(18-12-8-5-9-13-18)21(33)30(23(35)27-25)28-19(31)16-29-20(32)24(2,26-22(29)34)15-14-17-10-6-4-7-11-17/h4-13H,3,14-16H2,1-2H3,(H,26,34)(H,27,35)(H,28,31)/t24-,25-/m0/s1. The summed E-state index contributed by atoms with van der Waals surface area (Å²) >= 11 is 0. The van der Waals surface area contributed by atoms with E-state index in [1.807, 2.05) is 30.3 Å². The SMILES string of the molecule is CC[C@@]1(c2ccccc2)NC(=O)N(NC(=O)CN2C(=O)N[C@@](C)(CCc3ccccc3)C2=O)C1=O. The van der Waals surface area contributed by atoms with E-state index in [1.165, 1.54) is 0 Å². The largest absolute Gasteiger partial charge is 0.344 e. The van der Waals surface area contributed by atoms with Crippen molar-refractivity contribution < 1.29 is 24.0 Å². The molecule has 2 aromatic carbocycles. The number of hydrogen-bond donors (Lipinski definition) is 3. The summed E-state index contributed by atoms with van der Waals surface area (Å²) < 4.78 is 0. The monoisotopic (exact) mass is 477 g/mol. The Morgan fingerprint density at radius 3 is 2.14 bits per heavy atom. The molecule has 7 amide bonds. The molecule has 2 saturated heterocycles. The van der Waals surface area contributed by atoms with Crippen molar-refractivity contribution in [3.05, 3.63) is 71.8 Å². The number of urea groups is 2. The molecular formula is C25H27N5O5. The molecule has 0 spiro atoms. The first-order chi connectivity index (χ1) is 16.7. The van der Waals surface area contributed by atoms with Gasteiger partial charge in [0.05, 0.1) is 0 Å². The van der Waals surface area contributed by atoms with E-state index >= 15 is 0 Å². The van der Waals surface area contributed by atoms with Crippen molar-refractivity contribution in [2.75, 3.05) is 6.54 Å². The Labute approximate surface area is 202 Å². The molecule has 2 aromatic rings. The lowest BCUT2D eigenvalue weighted by molar-refractivity contribution is -0.141. The first kappa shape index (κ1) is 23.9. The van der Waals surface area contributed by atoms with Gasteiger partial charge in [0, 0.05) is 0 Å². The van der Waals surface area contributed by atoms with E-state index in [4.69, 9.17) is 0 Å². The van der Waals surface area contributed by atoms with Crippen LogP contribution in [0.5, 0.6) is 0 Å². The topological polar surface area (TPSA) is 128 Å².